The molecule has 1 unspecified atom stereocenters. The number of aliphatic hydroxyl groups excluding tert-OH is 1. The van der Waals surface area contributed by atoms with Gasteiger partial charge in [-0.05, 0) is 18.9 Å². The predicted octanol–water partition coefficient (Wildman–Crippen LogP) is 3.24. The Morgan fingerprint density at radius 3 is 2.34 bits per heavy atom. The van der Waals surface area contributed by atoms with Crippen molar-refractivity contribution in [2.24, 2.45) is 0 Å². The molecule has 32 heavy (non-hydrogen) atoms. The maximum Gasteiger partial charge on any atom is 0.418 e. The Balaban J connectivity index is 2.25. The number of aliphatic hydroxyl groups is 1. The van der Waals surface area contributed by atoms with Crippen LogP contribution in [0.5, 0.6) is 0 Å². The highest BCUT2D eigenvalue weighted by atomic mass is 19.4. The quantitative estimate of drug-likeness (QED) is 0.613. The average Bonchev–Trinajstić information content (AvgIpc) is 3.17. The van der Waals surface area contributed by atoms with E-state index in [2.05, 4.69) is 15.2 Å². The standard InChI is InChI=1S/C18H16F6N4O4/c19-17(20,21)9-6-10(25)13-14-27-28-15(32-14)16(7-29,18(22,23)24)5-1-2-8(30)3-4-11(31)12(9)26-13/h6,29H,1-5,7,25H2. The van der Waals surface area contributed by atoms with Crippen LogP contribution < -0.4 is 5.73 Å². The van der Waals surface area contributed by atoms with E-state index in [-0.39, 0.29) is 6.42 Å². The van der Waals surface area contributed by atoms with E-state index in [1.807, 2.05) is 0 Å². The third kappa shape index (κ3) is 4.18. The zero-order chi connectivity index (χ0) is 23.9. The van der Waals surface area contributed by atoms with Crippen LogP contribution in [0.2, 0.25) is 0 Å². The number of Topliss-reactive ketones (excluding diaryl/α,β-unsaturated/α-hetero) is 2. The number of ketones is 2. The summed E-state index contributed by atoms with van der Waals surface area (Å²) >= 11 is 0. The summed E-state index contributed by atoms with van der Waals surface area (Å²) in [4.78, 5) is 28.0. The van der Waals surface area contributed by atoms with Crippen LogP contribution in [0.1, 0.15) is 54.0 Å². The van der Waals surface area contributed by atoms with E-state index in [9.17, 15) is 41.0 Å². The number of halogens is 6. The van der Waals surface area contributed by atoms with Gasteiger partial charge in [-0.15, -0.1) is 10.2 Å². The van der Waals surface area contributed by atoms with Crippen molar-refractivity contribution in [3.63, 3.8) is 0 Å². The molecule has 0 fully saturated rings. The number of carbonyl (C=O) groups excluding carboxylic acids is 2. The third-order valence-electron chi connectivity index (χ3n) is 5.16. The number of fused-ring (bicyclic) bond motifs is 5. The number of anilines is 1. The predicted molar refractivity (Wildman–Crippen MR) is 94.2 cm³/mol. The van der Waals surface area contributed by atoms with Crippen LogP contribution in [0.15, 0.2) is 10.5 Å². The normalized spacial score (nSPS) is 20.8. The van der Waals surface area contributed by atoms with E-state index >= 15 is 0 Å². The van der Waals surface area contributed by atoms with Gasteiger partial charge in [0.15, 0.2) is 16.9 Å². The van der Waals surface area contributed by atoms with Gasteiger partial charge in [0.25, 0.3) is 5.89 Å². The monoisotopic (exact) mass is 466 g/mol. The second-order valence-electron chi connectivity index (χ2n) is 7.29. The summed E-state index contributed by atoms with van der Waals surface area (Å²) in [5.41, 5.74) is -1.26. The number of nitrogen functional groups attached to an aromatic ring is 1. The molecule has 0 saturated heterocycles. The van der Waals surface area contributed by atoms with E-state index in [0.717, 1.165) is 0 Å². The molecule has 3 N–H and O–H groups in total. The number of rotatable bonds is 1. The number of nitrogens with zero attached hydrogens (tertiary/aromatic N) is 3. The number of hydrogen-bond acceptors (Lipinski definition) is 8. The Labute approximate surface area is 175 Å². The molecule has 8 nitrogen and oxygen atoms in total. The zero-order valence-electron chi connectivity index (χ0n) is 16.2. The van der Waals surface area contributed by atoms with E-state index in [1.54, 1.807) is 0 Å². The molecule has 4 bridgehead atoms. The van der Waals surface area contributed by atoms with Gasteiger partial charge in [-0.3, -0.25) is 9.59 Å². The fraction of sp³-hybridized carbons (Fsp3) is 0.500. The molecule has 0 radical (unpaired) electrons. The number of alkyl halides is 6. The maximum absolute atomic E-state index is 13.9. The lowest BCUT2D eigenvalue weighted by atomic mass is 9.82. The van der Waals surface area contributed by atoms with Crippen molar-refractivity contribution < 1.29 is 45.5 Å². The Bertz CT molecular complexity index is 1050. The molecular weight excluding hydrogens is 450 g/mol. The third-order valence-corrected chi connectivity index (χ3v) is 5.16. The fourth-order valence-electron chi connectivity index (χ4n) is 3.33. The van der Waals surface area contributed by atoms with Crippen LogP contribution in [-0.2, 0) is 16.4 Å². The molecule has 174 valence electrons. The highest BCUT2D eigenvalue weighted by Crippen LogP contribution is 2.45. The molecule has 3 heterocycles. The minimum Gasteiger partial charge on any atom is -0.418 e. The average molecular weight is 466 g/mol. The lowest BCUT2D eigenvalue weighted by Crippen LogP contribution is -2.46. The van der Waals surface area contributed by atoms with Crippen LogP contribution in [-0.4, -0.2) is 44.6 Å². The smallest absolute Gasteiger partial charge is 0.418 e. The molecule has 0 saturated carbocycles. The molecule has 0 amide bonds. The van der Waals surface area contributed by atoms with Crippen LogP contribution >= 0.6 is 0 Å². The summed E-state index contributed by atoms with van der Waals surface area (Å²) < 4.78 is 87.0. The van der Waals surface area contributed by atoms with Gasteiger partial charge in [-0.1, -0.05) is 0 Å². The first kappa shape index (κ1) is 23.6. The van der Waals surface area contributed by atoms with E-state index < -0.39 is 96.0 Å². The lowest BCUT2D eigenvalue weighted by Gasteiger charge is -2.30. The summed E-state index contributed by atoms with van der Waals surface area (Å²) in [7, 11) is 0. The van der Waals surface area contributed by atoms with Crippen molar-refractivity contribution in [2.45, 2.75) is 49.9 Å². The van der Waals surface area contributed by atoms with Gasteiger partial charge in [0.05, 0.1) is 17.9 Å². The summed E-state index contributed by atoms with van der Waals surface area (Å²) in [6, 6.07) is 0.385. The van der Waals surface area contributed by atoms with E-state index in [1.165, 1.54) is 0 Å². The van der Waals surface area contributed by atoms with Crippen molar-refractivity contribution in [3.8, 4) is 11.6 Å². The maximum atomic E-state index is 13.9. The zero-order valence-corrected chi connectivity index (χ0v) is 16.2. The van der Waals surface area contributed by atoms with Crippen LogP contribution in [0.3, 0.4) is 0 Å². The molecule has 0 aromatic carbocycles. The molecular formula is C18H16F6N4O4. The van der Waals surface area contributed by atoms with Crippen molar-refractivity contribution in [2.75, 3.05) is 12.3 Å². The van der Waals surface area contributed by atoms with E-state index in [0.29, 0.717) is 6.07 Å². The number of pyridine rings is 1. The van der Waals surface area contributed by atoms with Crippen LogP contribution in [0.4, 0.5) is 32.0 Å². The molecule has 1 aliphatic heterocycles. The number of aromatic nitrogens is 3. The van der Waals surface area contributed by atoms with Gasteiger partial charge in [0, 0.05) is 19.3 Å². The van der Waals surface area contributed by atoms with Gasteiger partial charge in [-0.2, -0.15) is 26.3 Å². The van der Waals surface area contributed by atoms with E-state index in [4.69, 9.17) is 10.2 Å². The SMILES string of the molecule is Nc1cc(C(F)(F)F)c2nc1-c1nnc(o1)C(CO)(C(F)(F)F)CCCC(=O)CCC2=O. The van der Waals surface area contributed by atoms with Gasteiger partial charge in [-0.25, -0.2) is 4.98 Å². The Morgan fingerprint density at radius 1 is 1.06 bits per heavy atom. The van der Waals surface area contributed by atoms with Gasteiger partial charge >= 0.3 is 12.4 Å². The summed E-state index contributed by atoms with van der Waals surface area (Å²) in [5.74, 6) is -3.57. The molecule has 14 heteroatoms. The second-order valence-corrected chi connectivity index (χ2v) is 7.29. The minimum absolute atomic E-state index is 0.357. The van der Waals surface area contributed by atoms with Crippen molar-refractivity contribution in [3.05, 3.63) is 23.2 Å². The molecule has 3 rings (SSSR count). The number of hydrogen-bond donors (Lipinski definition) is 2. The molecule has 2 aromatic rings. The van der Waals surface area contributed by atoms with Gasteiger partial charge < -0.3 is 15.3 Å². The molecule has 1 aliphatic rings. The second kappa shape index (κ2) is 8.15. The highest BCUT2D eigenvalue weighted by Gasteiger charge is 2.59. The molecule has 0 spiro atoms. The first-order chi connectivity index (χ1) is 14.8. The lowest BCUT2D eigenvalue weighted by molar-refractivity contribution is -0.210. The first-order valence-electron chi connectivity index (χ1n) is 9.24. The Morgan fingerprint density at radius 2 is 1.75 bits per heavy atom. The number of nitrogens with two attached hydrogens (primary N) is 1. The number of carbonyl (C=O) groups is 2. The molecule has 0 aliphatic carbocycles. The van der Waals surface area contributed by atoms with Crippen LogP contribution in [0.25, 0.3) is 11.6 Å². The summed E-state index contributed by atoms with van der Waals surface area (Å²) in [5, 5.41) is 16.3. The van der Waals surface area contributed by atoms with Crippen molar-refractivity contribution in [1.29, 1.82) is 0 Å². The summed E-state index contributed by atoms with van der Waals surface area (Å²) in [6.07, 6.45) is -12.8. The molecule has 1 atom stereocenters. The molecule has 2 aromatic heterocycles. The fourth-order valence-corrected chi connectivity index (χ4v) is 3.33. The van der Waals surface area contributed by atoms with Crippen molar-refractivity contribution in [1.82, 2.24) is 15.2 Å². The first-order valence-corrected chi connectivity index (χ1v) is 9.24. The Kier molecular flexibility index (Phi) is 6.02. The van der Waals surface area contributed by atoms with Crippen LogP contribution in [0, 0.1) is 0 Å². The van der Waals surface area contributed by atoms with Gasteiger partial charge in [0.1, 0.15) is 11.5 Å². The largest absolute Gasteiger partial charge is 0.418 e. The highest BCUT2D eigenvalue weighted by molar-refractivity contribution is 5.99. The Hall–Kier alpha value is -3.03. The minimum atomic E-state index is -5.06. The van der Waals surface area contributed by atoms with Crippen molar-refractivity contribution >= 4 is 17.3 Å². The summed E-state index contributed by atoms with van der Waals surface area (Å²) in [6.45, 7) is -1.48. The topological polar surface area (TPSA) is 132 Å². The van der Waals surface area contributed by atoms with Gasteiger partial charge in [0.2, 0.25) is 5.89 Å².